The van der Waals surface area contributed by atoms with E-state index in [0.717, 1.165) is 40.1 Å². The number of carboxylic acid groups (broad SMARTS) is 1. The van der Waals surface area contributed by atoms with Crippen molar-refractivity contribution in [3.05, 3.63) is 76.1 Å². The molecule has 0 aliphatic heterocycles. The third-order valence-electron chi connectivity index (χ3n) is 5.63. The first-order valence-corrected chi connectivity index (χ1v) is 11.1. The number of hydrogen-bond donors (Lipinski definition) is 2. The van der Waals surface area contributed by atoms with Crippen molar-refractivity contribution in [2.75, 3.05) is 7.11 Å². The van der Waals surface area contributed by atoms with Crippen LogP contribution in [-0.2, 0) is 19.6 Å². The van der Waals surface area contributed by atoms with Crippen molar-refractivity contribution < 1.29 is 19.4 Å². The van der Waals surface area contributed by atoms with Crippen molar-refractivity contribution in [3.8, 4) is 22.6 Å². The quantitative estimate of drug-likeness (QED) is 0.461. The molecule has 3 N–H and O–H groups in total. The molecule has 0 bridgehead atoms. The van der Waals surface area contributed by atoms with Crippen LogP contribution < -0.4 is 15.2 Å². The summed E-state index contributed by atoms with van der Waals surface area (Å²) in [5.74, 6) is 0.149. The van der Waals surface area contributed by atoms with Gasteiger partial charge in [0.05, 0.1) is 7.11 Å². The molecule has 6 heteroatoms. The second-order valence-electron chi connectivity index (χ2n) is 8.60. The van der Waals surface area contributed by atoms with Crippen LogP contribution in [-0.4, -0.2) is 23.2 Å². The number of aryl methyl sites for hydroxylation is 2. The number of nitrogens with two attached hydrogens (primary N) is 1. The number of benzene rings is 2. The van der Waals surface area contributed by atoms with Gasteiger partial charge in [-0.15, -0.1) is 0 Å². The van der Waals surface area contributed by atoms with Crippen LogP contribution in [0.1, 0.15) is 52.3 Å². The van der Waals surface area contributed by atoms with Crippen LogP contribution in [0.4, 0.5) is 0 Å². The lowest BCUT2D eigenvalue weighted by molar-refractivity contribution is 0.0691. The largest absolute Gasteiger partial charge is 0.497 e. The van der Waals surface area contributed by atoms with Crippen LogP contribution in [0, 0.1) is 19.8 Å². The number of aromatic carboxylic acids is 1. The van der Waals surface area contributed by atoms with Gasteiger partial charge in [0.1, 0.15) is 23.7 Å². The van der Waals surface area contributed by atoms with E-state index < -0.39 is 5.97 Å². The molecule has 0 saturated carbocycles. The summed E-state index contributed by atoms with van der Waals surface area (Å²) in [4.78, 5) is 16.6. The summed E-state index contributed by atoms with van der Waals surface area (Å²) >= 11 is 0. The summed E-state index contributed by atoms with van der Waals surface area (Å²) in [6.07, 6.45) is 0.826. The smallest absolute Gasteiger partial charge is 0.339 e. The number of carboxylic acids is 1. The molecule has 0 radical (unpaired) electrons. The van der Waals surface area contributed by atoms with E-state index in [1.807, 2.05) is 6.92 Å². The lowest BCUT2D eigenvalue weighted by Crippen LogP contribution is -2.14. The molecule has 0 aliphatic carbocycles. The third kappa shape index (κ3) is 5.52. The Morgan fingerprint density at radius 2 is 1.79 bits per heavy atom. The molecule has 1 aromatic heterocycles. The van der Waals surface area contributed by atoms with Gasteiger partial charge in [0.2, 0.25) is 0 Å². The van der Waals surface area contributed by atoms with Crippen LogP contribution in [0.25, 0.3) is 11.1 Å². The molecule has 0 aliphatic rings. The monoisotopic (exact) mass is 448 g/mol. The van der Waals surface area contributed by atoms with Gasteiger partial charge in [-0.25, -0.2) is 4.79 Å². The predicted octanol–water partition coefficient (Wildman–Crippen LogP) is 5.31. The molecule has 0 spiro atoms. The minimum atomic E-state index is -1.06. The number of pyridine rings is 1. The van der Waals surface area contributed by atoms with Crippen LogP contribution in [0.3, 0.4) is 0 Å². The number of ether oxygens (including phenoxy) is 2. The fraction of sp³-hybridized carbons (Fsp3) is 0.333. The Bertz CT molecular complexity index is 1140. The maximum atomic E-state index is 11.7. The molecule has 0 fully saturated rings. The molecule has 1 heterocycles. The Kier molecular flexibility index (Phi) is 7.71. The van der Waals surface area contributed by atoms with E-state index in [0.29, 0.717) is 18.2 Å². The molecule has 0 unspecified atom stereocenters. The Morgan fingerprint density at radius 1 is 1.09 bits per heavy atom. The lowest BCUT2D eigenvalue weighted by Gasteiger charge is -2.22. The zero-order chi connectivity index (χ0) is 24.1. The minimum Gasteiger partial charge on any atom is -0.497 e. The zero-order valence-corrected chi connectivity index (χ0v) is 19.9. The highest BCUT2D eigenvalue weighted by atomic mass is 16.5. The topological polar surface area (TPSA) is 94.7 Å². The van der Waals surface area contributed by atoms with Crippen molar-refractivity contribution in [2.24, 2.45) is 11.7 Å². The van der Waals surface area contributed by atoms with Gasteiger partial charge in [-0.2, -0.15) is 0 Å². The summed E-state index contributed by atoms with van der Waals surface area (Å²) in [7, 11) is 1.53. The summed E-state index contributed by atoms with van der Waals surface area (Å²) < 4.78 is 11.3. The average Bonchev–Trinajstić information content (AvgIpc) is 2.78. The van der Waals surface area contributed by atoms with Crippen LogP contribution in [0.15, 0.2) is 42.5 Å². The maximum absolute atomic E-state index is 11.7. The fourth-order valence-corrected chi connectivity index (χ4v) is 3.94. The maximum Gasteiger partial charge on any atom is 0.339 e. The number of nitrogens with zero attached hydrogens (tertiary/aromatic N) is 1. The van der Waals surface area contributed by atoms with Gasteiger partial charge in [0.25, 0.3) is 0 Å². The molecule has 3 rings (SSSR count). The van der Waals surface area contributed by atoms with E-state index in [9.17, 15) is 9.90 Å². The van der Waals surface area contributed by atoms with Crippen LogP contribution in [0.5, 0.6) is 11.5 Å². The SMILES string of the molecule is COc1ccc(C(=O)O)c(OCc2c(C)nc(CC(C)C)c(CN)c2-c2ccc(C)cc2)c1. The highest BCUT2D eigenvalue weighted by Crippen LogP contribution is 2.34. The van der Waals surface area contributed by atoms with Gasteiger partial charge in [0, 0.05) is 29.6 Å². The Morgan fingerprint density at radius 3 is 2.36 bits per heavy atom. The van der Waals surface area contributed by atoms with Crippen molar-refractivity contribution >= 4 is 5.97 Å². The zero-order valence-electron chi connectivity index (χ0n) is 19.9. The van der Waals surface area contributed by atoms with E-state index in [2.05, 4.69) is 45.0 Å². The summed E-state index contributed by atoms with van der Waals surface area (Å²) in [5, 5.41) is 9.59. The van der Waals surface area contributed by atoms with E-state index in [1.54, 1.807) is 12.1 Å². The van der Waals surface area contributed by atoms with Gasteiger partial charge in [0.15, 0.2) is 0 Å². The number of carbonyl (C=O) groups is 1. The first-order valence-electron chi connectivity index (χ1n) is 11.1. The van der Waals surface area contributed by atoms with Gasteiger partial charge in [-0.3, -0.25) is 4.98 Å². The summed E-state index contributed by atoms with van der Waals surface area (Å²) in [6.45, 7) is 8.85. The highest BCUT2D eigenvalue weighted by molar-refractivity contribution is 5.91. The summed E-state index contributed by atoms with van der Waals surface area (Å²) in [6, 6.07) is 13.0. The van der Waals surface area contributed by atoms with Gasteiger partial charge in [-0.1, -0.05) is 43.7 Å². The van der Waals surface area contributed by atoms with Crippen LogP contribution in [0.2, 0.25) is 0 Å². The fourth-order valence-electron chi connectivity index (χ4n) is 3.94. The number of hydrogen-bond acceptors (Lipinski definition) is 5. The van der Waals surface area contributed by atoms with E-state index in [1.165, 1.54) is 18.7 Å². The van der Waals surface area contributed by atoms with Crippen molar-refractivity contribution in [1.82, 2.24) is 4.98 Å². The molecule has 2 aromatic carbocycles. The van der Waals surface area contributed by atoms with Crippen LogP contribution >= 0.6 is 0 Å². The molecule has 0 saturated heterocycles. The molecule has 0 atom stereocenters. The lowest BCUT2D eigenvalue weighted by atomic mass is 9.90. The van der Waals surface area contributed by atoms with Gasteiger partial charge < -0.3 is 20.3 Å². The molecule has 174 valence electrons. The standard InChI is InChI=1S/C27H32N2O4/c1-16(2)12-24-22(14-28)26(19-8-6-17(3)7-9-19)23(18(4)29-24)15-33-25-13-20(32-5)10-11-21(25)27(30)31/h6-11,13,16H,12,14-15,28H2,1-5H3,(H,30,31). The average molecular weight is 449 g/mol. The van der Waals surface area contributed by atoms with Gasteiger partial charge in [-0.05, 0) is 55.0 Å². The third-order valence-corrected chi connectivity index (χ3v) is 5.63. The molecule has 33 heavy (non-hydrogen) atoms. The summed E-state index contributed by atoms with van der Waals surface area (Å²) in [5.41, 5.74) is 13.3. The minimum absolute atomic E-state index is 0.0776. The first-order chi connectivity index (χ1) is 15.7. The Labute approximate surface area is 195 Å². The van der Waals surface area contributed by atoms with E-state index in [-0.39, 0.29) is 17.9 Å². The van der Waals surface area contributed by atoms with Crippen molar-refractivity contribution in [3.63, 3.8) is 0 Å². The Balaban J connectivity index is 2.13. The Hall–Kier alpha value is -3.38. The normalized spacial score (nSPS) is 11.0. The van der Waals surface area contributed by atoms with E-state index >= 15 is 0 Å². The molecule has 3 aromatic rings. The van der Waals surface area contributed by atoms with Crippen molar-refractivity contribution in [2.45, 2.75) is 47.3 Å². The highest BCUT2D eigenvalue weighted by Gasteiger charge is 2.21. The predicted molar refractivity (Wildman–Crippen MR) is 130 cm³/mol. The number of aromatic nitrogens is 1. The molecule has 6 nitrogen and oxygen atoms in total. The second kappa shape index (κ2) is 10.5. The second-order valence-corrected chi connectivity index (χ2v) is 8.60. The number of methoxy groups -OCH3 is 1. The van der Waals surface area contributed by atoms with E-state index in [4.69, 9.17) is 20.2 Å². The molecular weight excluding hydrogens is 416 g/mol. The first kappa shape index (κ1) is 24.3. The molecular formula is C27H32N2O4. The molecule has 0 amide bonds. The van der Waals surface area contributed by atoms with Crippen molar-refractivity contribution in [1.29, 1.82) is 0 Å². The number of rotatable bonds is 9. The van der Waals surface area contributed by atoms with Gasteiger partial charge >= 0.3 is 5.97 Å².